The first-order valence-corrected chi connectivity index (χ1v) is 10.6. The summed E-state index contributed by atoms with van der Waals surface area (Å²) in [6.45, 7) is 4.06. The lowest BCUT2D eigenvalue weighted by Gasteiger charge is -2.08. The van der Waals surface area contributed by atoms with Gasteiger partial charge in [-0.15, -0.1) is 5.10 Å². The average Bonchev–Trinajstić information content (AvgIpc) is 2.96. The van der Waals surface area contributed by atoms with Crippen molar-refractivity contribution in [3.63, 3.8) is 0 Å². The van der Waals surface area contributed by atoms with Crippen molar-refractivity contribution in [3.8, 4) is 0 Å². The first-order chi connectivity index (χ1) is 11.1. The van der Waals surface area contributed by atoms with Crippen LogP contribution in [-0.2, 0) is 26.3 Å². The Labute approximate surface area is 141 Å². The standard InChI is InChI=1S/C14H19N3O5S2/c1-10(2)11-4-6-12(7-5-11)24(20,21)15-9-8-13-16-17-14(22-13)23(3,18)19/h4-7,10,15H,8-9H2,1-3H3. The fourth-order valence-corrected chi connectivity index (χ4v) is 3.37. The molecule has 0 radical (unpaired) electrons. The third-order valence-electron chi connectivity index (χ3n) is 3.25. The SMILES string of the molecule is CC(C)c1ccc(S(=O)(=O)NCCc2nnc(S(C)(=O)=O)o2)cc1. The van der Waals surface area contributed by atoms with Gasteiger partial charge in [-0.3, -0.25) is 0 Å². The third-order valence-corrected chi connectivity index (χ3v) is 5.53. The molecule has 1 N–H and O–H groups in total. The maximum atomic E-state index is 12.2. The second-order valence-corrected chi connectivity index (χ2v) is 9.27. The molecule has 24 heavy (non-hydrogen) atoms. The van der Waals surface area contributed by atoms with Crippen molar-refractivity contribution in [2.24, 2.45) is 0 Å². The van der Waals surface area contributed by atoms with Crippen LogP contribution >= 0.6 is 0 Å². The van der Waals surface area contributed by atoms with Gasteiger partial charge in [0.25, 0.3) is 0 Å². The lowest BCUT2D eigenvalue weighted by molar-refractivity contribution is 0.397. The van der Waals surface area contributed by atoms with Crippen LogP contribution in [0.15, 0.2) is 38.8 Å². The molecule has 0 atom stereocenters. The van der Waals surface area contributed by atoms with Gasteiger partial charge in [-0.25, -0.2) is 21.6 Å². The van der Waals surface area contributed by atoms with Gasteiger partial charge in [-0.05, 0) is 23.6 Å². The molecule has 0 spiro atoms. The molecule has 0 amide bonds. The van der Waals surface area contributed by atoms with Crippen molar-refractivity contribution in [2.45, 2.75) is 36.3 Å². The van der Waals surface area contributed by atoms with E-state index in [1.165, 1.54) is 0 Å². The third kappa shape index (κ3) is 4.62. The fraction of sp³-hybridized carbons (Fsp3) is 0.429. The van der Waals surface area contributed by atoms with Gasteiger partial charge >= 0.3 is 5.22 Å². The number of hydrogen-bond donors (Lipinski definition) is 1. The lowest BCUT2D eigenvalue weighted by Crippen LogP contribution is -2.26. The molecule has 0 saturated carbocycles. The molecule has 0 unspecified atom stereocenters. The minimum absolute atomic E-state index is 0.0136. The minimum atomic E-state index is -3.65. The predicted octanol–water partition coefficient (Wildman–Crippen LogP) is 1.12. The first-order valence-electron chi connectivity index (χ1n) is 7.21. The molecule has 0 aliphatic heterocycles. The molecule has 1 heterocycles. The summed E-state index contributed by atoms with van der Waals surface area (Å²) in [6, 6.07) is 6.64. The van der Waals surface area contributed by atoms with Crippen LogP contribution in [0.25, 0.3) is 0 Å². The molecule has 10 heteroatoms. The van der Waals surface area contributed by atoms with Gasteiger partial charge in [-0.2, -0.15) is 0 Å². The zero-order valence-corrected chi connectivity index (χ0v) is 15.2. The zero-order valence-electron chi connectivity index (χ0n) is 13.6. The Bertz CT molecular complexity index is 900. The highest BCUT2D eigenvalue weighted by molar-refractivity contribution is 7.90. The van der Waals surface area contributed by atoms with Crippen molar-refractivity contribution in [3.05, 3.63) is 35.7 Å². The number of rotatable bonds is 7. The summed E-state index contributed by atoms with van der Waals surface area (Å²) in [7, 11) is -7.22. The molecule has 0 saturated heterocycles. The van der Waals surface area contributed by atoms with E-state index in [-0.39, 0.29) is 23.8 Å². The van der Waals surface area contributed by atoms with Crippen molar-refractivity contribution >= 4 is 19.9 Å². The number of sulfonamides is 1. The van der Waals surface area contributed by atoms with Crippen molar-refractivity contribution in [1.29, 1.82) is 0 Å². The Balaban J connectivity index is 1.99. The Hall–Kier alpha value is -1.78. The highest BCUT2D eigenvalue weighted by Gasteiger charge is 2.18. The number of sulfone groups is 1. The van der Waals surface area contributed by atoms with Gasteiger partial charge in [-0.1, -0.05) is 31.1 Å². The van der Waals surface area contributed by atoms with Crippen molar-refractivity contribution in [1.82, 2.24) is 14.9 Å². The number of aromatic nitrogens is 2. The second kappa shape index (κ2) is 6.99. The highest BCUT2D eigenvalue weighted by atomic mass is 32.2. The topological polar surface area (TPSA) is 119 Å². The normalized spacial score (nSPS) is 12.7. The summed E-state index contributed by atoms with van der Waals surface area (Å²) in [5.74, 6) is 0.365. The maximum absolute atomic E-state index is 12.2. The Kier molecular flexibility index (Phi) is 5.41. The van der Waals surface area contributed by atoms with Crippen LogP contribution in [0.2, 0.25) is 0 Å². The Morgan fingerprint density at radius 2 is 1.71 bits per heavy atom. The highest BCUT2D eigenvalue weighted by Crippen LogP contribution is 2.17. The van der Waals surface area contributed by atoms with E-state index in [0.717, 1.165) is 11.8 Å². The monoisotopic (exact) mass is 373 g/mol. The summed E-state index contributed by atoms with van der Waals surface area (Å²) in [5.41, 5.74) is 1.05. The smallest absolute Gasteiger partial charge is 0.335 e. The van der Waals surface area contributed by atoms with Gasteiger partial charge in [0, 0.05) is 19.2 Å². The van der Waals surface area contributed by atoms with Crippen molar-refractivity contribution in [2.75, 3.05) is 12.8 Å². The van der Waals surface area contributed by atoms with E-state index >= 15 is 0 Å². The Morgan fingerprint density at radius 3 is 2.21 bits per heavy atom. The molecule has 2 aromatic rings. The summed E-state index contributed by atoms with van der Waals surface area (Å²) in [6.07, 6.45) is 1.04. The summed E-state index contributed by atoms with van der Waals surface area (Å²) >= 11 is 0. The van der Waals surface area contributed by atoms with Crippen LogP contribution in [-0.4, -0.2) is 39.8 Å². The molecular weight excluding hydrogens is 354 g/mol. The average molecular weight is 373 g/mol. The van der Waals surface area contributed by atoms with E-state index in [4.69, 9.17) is 4.42 Å². The second-order valence-electron chi connectivity index (χ2n) is 5.61. The fourth-order valence-electron chi connectivity index (χ4n) is 1.90. The quantitative estimate of drug-likeness (QED) is 0.772. The number of nitrogens with zero attached hydrogens (tertiary/aromatic N) is 2. The van der Waals surface area contributed by atoms with E-state index in [2.05, 4.69) is 14.9 Å². The molecule has 1 aromatic heterocycles. The molecule has 2 rings (SSSR count). The van der Waals surface area contributed by atoms with Crippen LogP contribution in [0.4, 0.5) is 0 Å². The summed E-state index contributed by atoms with van der Waals surface area (Å²) in [5, 5.41) is 6.50. The zero-order chi connectivity index (χ0) is 18.0. The molecule has 0 bridgehead atoms. The first kappa shape index (κ1) is 18.6. The molecule has 0 fully saturated rings. The number of benzene rings is 1. The van der Waals surface area contributed by atoms with Crippen LogP contribution in [0, 0.1) is 0 Å². The van der Waals surface area contributed by atoms with E-state index < -0.39 is 25.1 Å². The number of hydrogen-bond acceptors (Lipinski definition) is 7. The number of nitrogens with one attached hydrogen (secondary N) is 1. The molecule has 1 aromatic carbocycles. The van der Waals surface area contributed by atoms with E-state index in [1.54, 1.807) is 24.3 Å². The van der Waals surface area contributed by atoms with Gasteiger partial charge in [0.2, 0.25) is 25.8 Å². The van der Waals surface area contributed by atoms with E-state index in [9.17, 15) is 16.8 Å². The molecule has 0 aliphatic carbocycles. The van der Waals surface area contributed by atoms with Gasteiger partial charge in [0.15, 0.2) is 0 Å². The molecule has 8 nitrogen and oxygen atoms in total. The van der Waals surface area contributed by atoms with Crippen LogP contribution in [0.3, 0.4) is 0 Å². The molecular formula is C14H19N3O5S2. The summed E-state index contributed by atoms with van der Waals surface area (Å²) < 4.78 is 54.2. The van der Waals surface area contributed by atoms with Crippen LogP contribution in [0.5, 0.6) is 0 Å². The lowest BCUT2D eigenvalue weighted by atomic mass is 10.0. The van der Waals surface area contributed by atoms with Crippen LogP contribution in [0.1, 0.15) is 31.2 Å². The largest absolute Gasteiger partial charge is 0.412 e. The van der Waals surface area contributed by atoms with E-state index in [1.807, 2.05) is 13.8 Å². The van der Waals surface area contributed by atoms with Gasteiger partial charge < -0.3 is 4.42 Å². The van der Waals surface area contributed by atoms with Gasteiger partial charge in [0.1, 0.15) is 0 Å². The van der Waals surface area contributed by atoms with Crippen molar-refractivity contribution < 1.29 is 21.3 Å². The Morgan fingerprint density at radius 1 is 1.08 bits per heavy atom. The van der Waals surface area contributed by atoms with Crippen LogP contribution < -0.4 is 4.72 Å². The predicted molar refractivity (Wildman–Crippen MR) is 86.8 cm³/mol. The summed E-state index contributed by atoms with van der Waals surface area (Å²) in [4.78, 5) is 0.161. The maximum Gasteiger partial charge on any atom is 0.335 e. The minimum Gasteiger partial charge on any atom is -0.412 e. The molecule has 132 valence electrons. The van der Waals surface area contributed by atoms with Gasteiger partial charge in [0.05, 0.1) is 4.90 Å². The molecule has 0 aliphatic rings. The van der Waals surface area contributed by atoms with E-state index in [0.29, 0.717) is 5.92 Å².